The Kier molecular flexibility index (Phi) is 12.0. The molecule has 0 spiro atoms. The first kappa shape index (κ1) is 33.0. The third-order valence-electron chi connectivity index (χ3n) is 6.50. The maximum Gasteiger partial charge on any atom is 0.332 e. The highest BCUT2D eigenvalue weighted by Crippen LogP contribution is 2.30. The standard InChI is InChI=1S/C30H36N2O11/c1-17(2)28(35)43-25-18(3)41-30(37)21(16-40-29(36)20(25)15-19-9-7-6-8-10-19)32-27(34)24-26(22(39-5)11-13-31-24)42-23(33)12-14-38-4/h6-11,13,17-18,20-21,25H,12,14-16H2,1-5H3,(H,32,34)/t18-,20+,21-,25-/m0/s1. The number of nitrogens with one attached hydrogen (secondary N) is 1. The summed E-state index contributed by atoms with van der Waals surface area (Å²) in [6.45, 7) is 4.27. The first-order chi connectivity index (χ1) is 20.5. The van der Waals surface area contributed by atoms with E-state index in [1.165, 1.54) is 33.4 Å². The fraction of sp³-hybridized carbons (Fsp3) is 0.467. The third-order valence-corrected chi connectivity index (χ3v) is 6.50. The average Bonchev–Trinajstić information content (AvgIpc) is 3.02. The Hall–Kier alpha value is -4.52. The van der Waals surface area contributed by atoms with E-state index in [1.54, 1.807) is 26.0 Å². The summed E-state index contributed by atoms with van der Waals surface area (Å²) in [5.41, 5.74) is 0.414. The number of esters is 4. The lowest BCUT2D eigenvalue weighted by Gasteiger charge is -2.29. The number of carbonyl (C=O) groups excluding carboxylic acids is 5. The molecule has 0 bridgehead atoms. The topological polar surface area (TPSA) is 166 Å². The minimum absolute atomic E-state index is 0.0431. The van der Waals surface area contributed by atoms with Crippen LogP contribution in [-0.4, -0.2) is 80.5 Å². The van der Waals surface area contributed by atoms with Crippen LogP contribution in [0.1, 0.15) is 43.2 Å². The molecule has 1 aromatic heterocycles. The van der Waals surface area contributed by atoms with Gasteiger partial charge in [0.05, 0.1) is 26.1 Å². The molecular formula is C30H36N2O11. The number of hydrogen-bond acceptors (Lipinski definition) is 12. The van der Waals surface area contributed by atoms with Crippen LogP contribution in [0.25, 0.3) is 0 Å². The number of pyridine rings is 1. The van der Waals surface area contributed by atoms with Crippen LogP contribution in [0, 0.1) is 11.8 Å². The molecule has 1 saturated heterocycles. The summed E-state index contributed by atoms with van der Waals surface area (Å²) in [4.78, 5) is 68.8. The average molecular weight is 601 g/mol. The van der Waals surface area contributed by atoms with Gasteiger partial charge in [0.1, 0.15) is 18.6 Å². The molecule has 1 fully saturated rings. The Balaban J connectivity index is 1.88. The second kappa shape index (κ2) is 15.6. The molecule has 43 heavy (non-hydrogen) atoms. The molecule has 0 unspecified atom stereocenters. The van der Waals surface area contributed by atoms with E-state index in [4.69, 9.17) is 28.4 Å². The minimum atomic E-state index is -1.47. The van der Waals surface area contributed by atoms with Gasteiger partial charge in [0.25, 0.3) is 5.91 Å². The molecule has 1 aliphatic heterocycles. The minimum Gasteiger partial charge on any atom is -0.493 e. The highest BCUT2D eigenvalue weighted by Gasteiger charge is 2.42. The van der Waals surface area contributed by atoms with Gasteiger partial charge in [-0.2, -0.15) is 0 Å². The van der Waals surface area contributed by atoms with Crippen molar-refractivity contribution in [3.8, 4) is 11.5 Å². The molecule has 3 rings (SSSR count). The summed E-state index contributed by atoms with van der Waals surface area (Å²) in [6, 6.07) is 8.96. The summed E-state index contributed by atoms with van der Waals surface area (Å²) in [5.74, 6) is -5.66. The van der Waals surface area contributed by atoms with E-state index in [2.05, 4.69) is 10.3 Å². The number of aromatic nitrogens is 1. The van der Waals surface area contributed by atoms with Crippen LogP contribution in [-0.2, 0) is 44.5 Å². The van der Waals surface area contributed by atoms with E-state index < -0.39 is 66.5 Å². The molecule has 13 nitrogen and oxygen atoms in total. The number of benzene rings is 1. The van der Waals surface area contributed by atoms with Crippen LogP contribution in [0.15, 0.2) is 42.6 Å². The lowest BCUT2D eigenvalue weighted by Crippen LogP contribution is -2.47. The highest BCUT2D eigenvalue weighted by atomic mass is 16.6. The molecule has 0 aliphatic carbocycles. The van der Waals surface area contributed by atoms with Gasteiger partial charge in [-0.05, 0) is 18.9 Å². The van der Waals surface area contributed by atoms with Crippen LogP contribution < -0.4 is 14.8 Å². The normalized spacial score (nSPS) is 20.5. The van der Waals surface area contributed by atoms with E-state index in [-0.39, 0.29) is 36.6 Å². The predicted molar refractivity (Wildman–Crippen MR) is 149 cm³/mol. The van der Waals surface area contributed by atoms with Gasteiger partial charge in [-0.25, -0.2) is 9.78 Å². The van der Waals surface area contributed by atoms with Gasteiger partial charge in [-0.1, -0.05) is 44.2 Å². The first-order valence-electron chi connectivity index (χ1n) is 13.7. The Bertz CT molecular complexity index is 1300. The molecule has 1 aromatic carbocycles. The van der Waals surface area contributed by atoms with Crippen LogP contribution >= 0.6 is 0 Å². The van der Waals surface area contributed by atoms with Crippen molar-refractivity contribution in [3.63, 3.8) is 0 Å². The van der Waals surface area contributed by atoms with Crippen molar-refractivity contribution in [1.82, 2.24) is 10.3 Å². The molecule has 2 heterocycles. The van der Waals surface area contributed by atoms with Crippen molar-refractivity contribution in [2.24, 2.45) is 11.8 Å². The number of nitrogens with zero attached hydrogens (tertiary/aromatic N) is 1. The van der Waals surface area contributed by atoms with Crippen molar-refractivity contribution in [1.29, 1.82) is 0 Å². The van der Waals surface area contributed by atoms with E-state index >= 15 is 0 Å². The van der Waals surface area contributed by atoms with E-state index in [1.807, 2.05) is 18.2 Å². The molecule has 4 atom stereocenters. The molecule has 0 saturated carbocycles. The second-order valence-corrected chi connectivity index (χ2v) is 10.1. The van der Waals surface area contributed by atoms with Gasteiger partial charge in [0, 0.05) is 19.4 Å². The number of ether oxygens (including phenoxy) is 6. The summed E-state index contributed by atoms with van der Waals surface area (Å²) < 4.78 is 32.2. The maximum atomic E-state index is 13.4. The predicted octanol–water partition coefficient (Wildman–Crippen LogP) is 2.05. The van der Waals surface area contributed by atoms with Gasteiger partial charge in [-0.15, -0.1) is 0 Å². The molecular weight excluding hydrogens is 564 g/mol. The van der Waals surface area contributed by atoms with Crippen LogP contribution in [0.4, 0.5) is 0 Å². The molecule has 13 heteroatoms. The van der Waals surface area contributed by atoms with Gasteiger partial charge < -0.3 is 33.7 Å². The number of amides is 1. The fourth-order valence-corrected chi connectivity index (χ4v) is 4.18. The van der Waals surface area contributed by atoms with Gasteiger partial charge >= 0.3 is 23.9 Å². The second-order valence-electron chi connectivity index (χ2n) is 10.1. The van der Waals surface area contributed by atoms with Crippen LogP contribution in [0.3, 0.4) is 0 Å². The SMILES string of the molecule is COCCC(=O)Oc1c(OC)ccnc1C(=O)N[C@H]1COC(=O)[C@H](Cc2ccccc2)[C@@H](OC(=O)C(C)C)[C@H](C)OC1=O. The number of carbonyl (C=O) groups is 5. The largest absolute Gasteiger partial charge is 0.493 e. The van der Waals surface area contributed by atoms with Crippen molar-refractivity contribution in [3.05, 3.63) is 53.9 Å². The number of rotatable bonds is 11. The summed E-state index contributed by atoms with van der Waals surface area (Å²) in [6.07, 6.45) is -0.961. The smallest absolute Gasteiger partial charge is 0.332 e. The zero-order valence-corrected chi connectivity index (χ0v) is 24.7. The van der Waals surface area contributed by atoms with Crippen LogP contribution in [0.5, 0.6) is 11.5 Å². The molecule has 1 amide bonds. The Morgan fingerprint density at radius 2 is 1.79 bits per heavy atom. The monoisotopic (exact) mass is 600 g/mol. The molecule has 1 N–H and O–H groups in total. The van der Waals surface area contributed by atoms with Crippen molar-refractivity contribution in [2.75, 3.05) is 27.4 Å². The Morgan fingerprint density at radius 1 is 1.07 bits per heavy atom. The van der Waals surface area contributed by atoms with Crippen LogP contribution in [0.2, 0.25) is 0 Å². The van der Waals surface area contributed by atoms with Crippen molar-refractivity contribution in [2.45, 2.75) is 51.9 Å². The van der Waals surface area contributed by atoms with Gasteiger partial charge in [0.2, 0.25) is 5.75 Å². The first-order valence-corrected chi connectivity index (χ1v) is 13.7. The van der Waals surface area contributed by atoms with Gasteiger partial charge in [-0.3, -0.25) is 19.2 Å². The summed E-state index contributed by atoms with van der Waals surface area (Å²) in [5, 5.41) is 2.44. The van der Waals surface area contributed by atoms with E-state index in [0.29, 0.717) is 0 Å². The maximum absolute atomic E-state index is 13.4. The number of cyclic esters (lactones) is 2. The van der Waals surface area contributed by atoms with Crippen molar-refractivity contribution < 1.29 is 52.4 Å². The molecule has 232 valence electrons. The fourth-order valence-electron chi connectivity index (χ4n) is 4.18. The summed E-state index contributed by atoms with van der Waals surface area (Å²) >= 11 is 0. The highest BCUT2D eigenvalue weighted by molar-refractivity contribution is 5.99. The summed E-state index contributed by atoms with van der Waals surface area (Å²) in [7, 11) is 2.73. The van der Waals surface area contributed by atoms with Gasteiger partial charge in [0.15, 0.2) is 23.6 Å². The zero-order chi connectivity index (χ0) is 31.5. The number of hydrogen-bond donors (Lipinski definition) is 1. The zero-order valence-electron chi connectivity index (χ0n) is 24.7. The lowest BCUT2D eigenvalue weighted by atomic mass is 9.91. The molecule has 2 aromatic rings. The Labute approximate surface area is 249 Å². The third kappa shape index (κ3) is 8.98. The number of methoxy groups -OCH3 is 2. The van der Waals surface area contributed by atoms with E-state index in [9.17, 15) is 24.0 Å². The Morgan fingerprint density at radius 3 is 2.44 bits per heavy atom. The van der Waals surface area contributed by atoms with Crippen molar-refractivity contribution >= 4 is 29.8 Å². The van der Waals surface area contributed by atoms with E-state index in [0.717, 1.165) is 5.56 Å². The quantitative estimate of drug-likeness (QED) is 0.295. The lowest BCUT2D eigenvalue weighted by molar-refractivity contribution is -0.176. The molecule has 0 radical (unpaired) electrons. The molecule has 1 aliphatic rings.